The summed E-state index contributed by atoms with van der Waals surface area (Å²) >= 11 is 0. The van der Waals surface area contributed by atoms with Gasteiger partial charge in [-0.3, -0.25) is 0 Å². The minimum atomic E-state index is -0.807. The van der Waals surface area contributed by atoms with Gasteiger partial charge in [-0.2, -0.15) is 0 Å². The van der Waals surface area contributed by atoms with Crippen LogP contribution in [0.15, 0.2) is 11.6 Å². The average Bonchev–Trinajstić information content (AvgIpc) is 2.39. The van der Waals surface area contributed by atoms with Crippen LogP contribution in [0.2, 0.25) is 0 Å². The molecule has 1 N–H and O–H groups in total. The first-order chi connectivity index (χ1) is 8.69. The molecule has 0 fully saturated rings. The number of carbonyl (C=O) groups is 1. The van der Waals surface area contributed by atoms with Crippen molar-refractivity contribution < 1.29 is 28.8 Å². The smallest absolute Gasteiger partial charge is 0.333 e. The predicted octanol–water partition coefficient (Wildman–Crippen LogP) is 0.246. The maximum atomic E-state index is 11.3. The molecule has 0 saturated heterocycles. The third-order valence-corrected chi connectivity index (χ3v) is 2.70. The second-order valence-electron chi connectivity index (χ2n) is 3.94. The number of esters is 1. The van der Waals surface area contributed by atoms with Gasteiger partial charge in [0.05, 0.1) is 32.5 Å². The number of methoxy groups -OCH3 is 2. The van der Waals surface area contributed by atoms with Crippen LogP contribution in [0.3, 0.4) is 0 Å². The van der Waals surface area contributed by atoms with E-state index in [2.05, 4.69) is 4.74 Å². The minimum Gasteiger partial charge on any atom is -0.466 e. The number of hydrogen-bond donors (Lipinski definition) is 1. The molecule has 0 amide bonds. The van der Waals surface area contributed by atoms with E-state index in [1.54, 1.807) is 7.11 Å². The Morgan fingerprint density at radius 3 is 2.83 bits per heavy atom. The van der Waals surface area contributed by atoms with Gasteiger partial charge < -0.3 is 24.1 Å². The lowest BCUT2D eigenvalue weighted by atomic mass is 9.95. The highest BCUT2D eigenvalue weighted by Crippen LogP contribution is 2.22. The third-order valence-electron chi connectivity index (χ3n) is 2.70. The lowest BCUT2D eigenvalue weighted by Crippen LogP contribution is -2.33. The molecule has 0 aromatic heterocycles. The highest BCUT2D eigenvalue weighted by atomic mass is 16.7. The van der Waals surface area contributed by atoms with Crippen molar-refractivity contribution in [3.8, 4) is 0 Å². The zero-order valence-electron chi connectivity index (χ0n) is 10.8. The van der Waals surface area contributed by atoms with Crippen molar-refractivity contribution in [3.05, 3.63) is 11.6 Å². The van der Waals surface area contributed by atoms with Gasteiger partial charge in [-0.25, -0.2) is 4.79 Å². The number of aliphatic hydroxyl groups is 1. The second-order valence-corrected chi connectivity index (χ2v) is 3.94. The zero-order chi connectivity index (χ0) is 13.4. The van der Waals surface area contributed by atoms with Crippen molar-refractivity contribution in [2.45, 2.75) is 25.0 Å². The average molecular weight is 260 g/mol. The van der Waals surface area contributed by atoms with E-state index < -0.39 is 12.1 Å². The first kappa shape index (κ1) is 15.1. The zero-order valence-corrected chi connectivity index (χ0v) is 10.8. The van der Waals surface area contributed by atoms with E-state index in [0.29, 0.717) is 31.6 Å². The van der Waals surface area contributed by atoms with Crippen molar-refractivity contribution >= 4 is 5.97 Å². The summed E-state index contributed by atoms with van der Waals surface area (Å²) < 4.78 is 19.9. The molecule has 1 aliphatic carbocycles. The Labute approximate surface area is 106 Å². The molecule has 104 valence electrons. The normalized spacial score (nSPS) is 23.6. The molecule has 1 rings (SSSR count). The predicted molar refractivity (Wildman–Crippen MR) is 62.9 cm³/mol. The first-order valence-electron chi connectivity index (χ1n) is 5.84. The van der Waals surface area contributed by atoms with Gasteiger partial charge in [0.1, 0.15) is 6.79 Å². The van der Waals surface area contributed by atoms with Crippen LogP contribution in [0.5, 0.6) is 0 Å². The van der Waals surface area contributed by atoms with Crippen molar-refractivity contribution in [3.63, 3.8) is 0 Å². The van der Waals surface area contributed by atoms with E-state index in [-0.39, 0.29) is 12.9 Å². The fraction of sp³-hybridized carbons (Fsp3) is 0.750. The molecule has 6 nitrogen and oxygen atoms in total. The van der Waals surface area contributed by atoms with E-state index in [1.807, 2.05) is 0 Å². The summed E-state index contributed by atoms with van der Waals surface area (Å²) in [5, 5.41) is 9.80. The van der Waals surface area contributed by atoms with Gasteiger partial charge in [0.2, 0.25) is 0 Å². The monoisotopic (exact) mass is 260 g/mol. The maximum absolute atomic E-state index is 11.3. The molecule has 0 aliphatic heterocycles. The van der Waals surface area contributed by atoms with Crippen molar-refractivity contribution in [1.29, 1.82) is 0 Å². The maximum Gasteiger partial charge on any atom is 0.333 e. The van der Waals surface area contributed by atoms with Crippen molar-refractivity contribution in [2.24, 2.45) is 0 Å². The summed E-state index contributed by atoms with van der Waals surface area (Å²) in [6.07, 6.45) is 1.43. The summed E-state index contributed by atoms with van der Waals surface area (Å²) in [6, 6.07) is 0. The summed E-state index contributed by atoms with van der Waals surface area (Å²) in [4.78, 5) is 11.3. The molecular weight excluding hydrogens is 240 g/mol. The second kappa shape index (κ2) is 8.20. The van der Waals surface area contributed by atoms with Gasteiger partial charge in [0, 0.05) is 12.7 Å². The Morgan fingerprint density at radius 1 is 1.44 bits per heavy atom. The Kier molecular flexibility index (Phi) is 6.89. The molecular formula is C12H20O6. The molecule has 0 heterocycles. The van der Waals surface area contributed by atoms with Gasteiger partial charge in [-0.05, 0) is 18.9 Å². The molecule has 0 radical (unpaired) electrons. The summed E-state index contributed by atoms with van der Waals surface area (Å²) in [5.74, 6) is -0.399. The molecule has 0 aromatic rings. The van der Waals surface area contributed by atoms with Crippen LogP contribution in [0, 0.1) is 0 Å². The van der Waals surface area contributed by atoms with E-state index in [4.69, 9.17) is 14.2 Å². The van der Waals surface area contributed by atoms with E-state index in [9.17, 15) is 9.90 Å². The standard InChI is InChI=1S/C12H20O6/c1-15-5-6-17-8-18-11-4-3-9(7-10(11)13)12(14)16-2/h7,10-11,13H,3-6,8H2,1-2H3/t10-,11+/m1/s1. The molecule has 6 heteroatoms. The van der Waals surface area contributed by atoms with Crippen LogP contribution in [0.1, 0.15) is 12.8 Å². The van der Waals surface area contributed by atoms with Gasteiger partial charge >= 0.3 is 5.97 Å². The lowest BCUT2D eigenvalue weighted by Gasteiger charge is -2.26. The molecule has 0 aromatic carbocycles. The number of hydrogen-bond acceptors (Lipinski definition) is 6. The SMILES string of the molecule is COCCOCO[C@H]1CCC(C(=O)OC)=C[C@H]1O. The minimum absolute atomic E-state index is 0.104. The van der Waals surface area contributed by atoms with Crippen LogP contribution in [-0.4, -0.2) is 57.5 Å². The van der Waals surface area contributed by atoms with Gasteiger partial charge in [-0.1, -0.05) is 0 Å². The number of rotatable bonds is 7. The van der Waals surface area contributed by atoms with Gasteiger partial charge in [0.25, 0.3) is 0 Å². The van der Waals surface area contributed by atoms with Crippen LogP contribution < -0.4 is 0 Å². The number of carbonyl (C=O) groups excluding carboxylic acids is 1. The number of aliphatic hydroxyl groups excluding tert-OH is 1. The fourth-order valence-corrected chi connectivity index (χ4v) is 1.69. The largest absolute Gasteiger partial charge is 0.466 e. The van der Waals surface area contributed by atoms with Crippen molar-refractivity contribution in [2.75, 3.05) is 34.2 Å². The van der Waals surface area contributed by atoms with E-state index in [1.165, 1.54) is 13.2 Å². The summed E-state index contributed by atoms with van der Waals surface area (Å²) in [6.45, 7) is 1.05. The van der Waals surface area contributed by atoms with Gasteiger partial charge in [0.15, 0.2) is 0 Å². The van der Waals surface area contributed by atoms with E-state index in [0.717, 1.165) is 0 Å². The molecule has 18 heavy (non-hydrogen) atoms. The molecule has 0 spiro atoms. The van der Waals surface area contributed by atoms with Crippen LogP contribution in [-0.2, 0) is 23.7 Å². The quantitative estimate of drug-likeness (QED) is 0.402. The Bertz CT molecular complexity index is 288. The Hall–Kier alpha value is -0.950. The topological polar surface area (TPSA) is 74.2 Å². The van der Waals surface area contributed by atoms with Crippen molar-refractivity contribution in [1.82, 2.24) is 0 Å². The first-order valence-corrected chi connectivity index (χ1v) is 5.84. The summed E-state index contributed by atoms with van der Waals surface area (Å²) in [7, 11) is 2.91. The molecule has 0 bridgehead atoms. The van der Waals surface area contributed by atoms with Crippen LogP contribution in [0.25, 0.3) is 0 Å². The third kappa shape index (κ3) is 4.73. The fourth-order valence-electron chi connectivity index (χ4n) is 1.69. The molecule has 0 unspecified atom stereocenters. The number of ether oxygens (including phenoxy) is 4. The molecule has 0 saturated carbocycles. The van der Waals surface area contributed by atoms with Gasteiger partial charge in [-0.15, -0.1) is 0 Å². The highest BCUT2D eigenvalue weighted by Gasteiger charge is 2.26. The Balaban J connectivity index is 2.29. The lowest BCUT2D eigenvalue weighted by molar-refractivity contribution is -0.138. The summed E-state index contributed by atoms with van der Waals surface area (Å²) in [5.41, 5.74) is 0.491. The Morgan fingerprint density at radius 2 is 2.22 bits per heavy atom. The van der Waals surface area contributed by atoms with Crippen LogP contribution >= 0.6 is 0 Å². The highest BCUT2D eigenvalue weighted by molar-refractivity contribution is 5.88. The molecule has 1 aliphatic rings. The molecule has 2 atom stereocenters. The van der Waals surface area contributed by atoms with Crippen LogP contribution in [0.4, 0.5) is 0 Å². The van der Waals surface area contributed by atoms with E-state index >= 15 is 0 Å².